The van der Waals surface area contributed by atoms with E-state index in [1.165, 1.54) is 29.8 Å². The summed E-state index contributed by atoms with van der Waals surface area (Å²) in [5.74, 6) is 1.55. The molecule has 0 unspecified atom stereocenters. The fourth-order valence-corrected chi connectivity index (χ4v) is 3.10. The van der Waals surface area contributed by atoms with Crippen LogP contribution in [0, 0.1) is 11.8 Å². The molecule has 19 heavy (non-hydrogen) atoms. The molecule has 2 fully saturated rings. The highest BCUT2D eigenvalue weighted by Gasteiger charge is 2.32. The van der Waals surface area contributed by atoms with Gasteiger partial charge in [0.05, 0.1) is 6.26 Å². The fraction of sp³-hybridized carbons (Fsp3) is 0.909. The van der Waals surface area contributed by atoms with Crippen LogP contribution >= 0.6 is 24.0 Å². The van der Waals surface area contributed by atoms with Crippen molar-refractivity contribution >= 4 is 40.0 Å². The van der Waals surface area contributed by atoms with Crippen molar-refractivity contribution in [2.24, 2.45) is 22.6 Å². The van der Waals surface area contributed by atoms with Crippen molar-refractivity contribution in [2.75, 3.05) is 32.4 Å². The SMILES string of the molecule is CS(=O)(=O)N1CC(CN=C(N)NCC2CCC2)C1.I. The lowest BCUT2D eigenvalue weighted by Gasteiger charge is -2.36. The molecule has 1 saturated heterocycles. The molecule has 1 aliphatic carbocycles. The molecule has 0 atom stereocenters. The van der Waals surface area contributed by atoms with Gasteiger partial charge in [0, 0.05) is 32.1 Å². The summed E-state index contributed by atoms with van der Waals surface area (Å²) >= 11 is 0. The number of nitrogens with two attached hydrogens (primary N) is 1. The Balaban J connectivity index is 0.00000180. The van der Waals surface area contributed by atoms with Crippen LogP contribution in [0.1, 0.15) is 19.3 Å². The van der Waals surface area contributed by atoms with E-state index in [0.717, 1.165) is 12.5 Å². The number of halogens is 1. The molecule has 0 aromatic carbocycles. The molecule has 0 bridgehead atoms. The fourth-order valence-electron chi connectivity index (χ4n) is 2.14. The summed E-state index contributed by atoms with van der Waals surface area (Å²) in [6.45, 7) is 2.65. The zero-order valence-corrected chi connectivity index (χ0v) is 14.4. The standard InChI is InChI=1S/C11H22N4O2S.HI/c1-18(16,17)15-7-10(8-15)6-14-11(12)13-5-9-3-2-4-9;/h9-10H,2-8H2,1H3,(H3,12,13,14);1H. The molecule has 0 aromatic heterocycles. The van der Waals surface area contributed by atoms with Crippen molar-refractivity contribution in [1.82, 2.24) is 9.62 Å². The minimum Gasteiger partial charge on any atom is -0.370 e. The van der Waals surface area contributed by atoms with Crippen LogP contribution < -0.4 is 11.1 Å². The van der Waals surface area contributed by atoms with Crippen LogP contribution in [0.25, 0.3) is 0 Å². The summed E-state index contributed by atoms with van der Waals surface area (Å²) in [6.07, 6.45) is 5.13. The quantitative estimate of drug-likeness (QED) is 0.391. The van der Waals surface area contributed by atoms with Gasteiger partial charge in [-0.3, -0.25) is 4.99 Å². The van der Waals surface area contributed by atoms with Gasteiger partial charge >= 0.3 is 0 Å². The average molecular weight is 402 g/mol. The lowest BCUT2D eigenvalue weighted by molar-refractivity contribution is 0.209. The van der Waals surface area contributed by atoms with Crippen molar-refractivity contribution < 1.29 is 8.42 Å². The number of rotatable bonds is 5. The number of nitrogens with zero attached hydrogens (tertiary/aromatic N) is 2. The van der Waals surface area contributed by atoms with E-state index in [1.54, 1.807) is 0 Å². The van der Waals surface area contributed by atoms with E-state index in [0.29, 0.717) is 31.5 Å². The van der Waals surface area contributed by atoms with Crippen LogP contribution in [0.15, 0.2) is 4.99 Å². The van der Waals surface area contributed by atoms with Gasteiger partial charge in [-0.1, -0.05) is 6.42 Å². The summed E-state index contributed by atoms with van der Waals surface area (Å²) in [4.78, 5) is 4.25. The monoisotopic (exact) mass is 402 g/mol. The Kier molecular flexibility index (Phi) is 6.31. The lowest BCUT2D eigenvalue weighted by atomic mass is 9.85. The second-order valence-corrected chi connectivity index (χ2v) is 7.33. The molecule has 0 aromatic rings. The van der Waals surface area contributed by atoms with Crippen molar-refractivity contribution in [1.29, 1.82) is 0 Å². The highest BCUT2D eigenvalue weighted by molar-refractivity contribution is 14.0. The first-order valence-electron chi connectivity index (χ1n) is 6.44. The highest BCUT2D eigenvalue weighted by atomic mass is 127. The van der Waals surface area contributed by atoms with Gasteiger partial charge in [-0.05, 0) is 18.8 Å². The van der Waals surface area contributed by atoms with Crippen LogP contribution in [0.5, 0.6) is 0 Å². The minimum absolute atomic E-state index is 0. The number of aliphatic imine (C=N–C) groups is 1. The number of hydrogen-bond acceptors (Lipinski definition) is 3. The zero-order valence-electron chi connectivity index (χ0n) is 11.2. The topological polar surface area (TPSA) is 87.8 Å². The highest BCUT2D eigenvalue weighted by Crippen LogP contribution is 2.25. The van der Waals surface area contributed by atoms with E-state index < -0.39 is 10.0 Å². The maximum atomic E-state index is 11.2. The van der Waals surface area contributed by atoms with Gasteiger partial charge in [0.25, 0.3) is 0 Å². The third-order valence-electron chi connectivity index (χ3n) is 3.71. The van der Waals surface area contributed by atoms with Crippen LogP contribution in [0.4, 0.5) is 0 Å². The smallest absolute Gasteiger partial charge is 0.211 e. The van der Waals surface area contributed by atoms with E-state index in [2.05, 4.69) is 10.3 Å². The molecule has 0 spiro atoms. The number of hydrogen-bond donors (Lipinski definition) is 2. The normalized spacial score (nSPS) is 22.3. The van der Waals surface area contributed by atoms with E-state index in [4.69, 9.17) is 5.73 Å². The lowest BCUT2D eigenvalue weighted by Crippen LogP contribution is -2.50. The van der Waals surface area contributed by atoms with Crippen molar-refractivity contribution in [2.45, 2.75) is 19.3 Å². The van der Waals surface area contributed by atoms with Gasteiger partial charge in [-0.2, -0.15) is 0 Å². The minimum atomic E-state index is -3.02. The molecule has 6 nitrogen and oxygen atoms in total. The molecule has 1 aliphatic heterocycles. The summed E-state index contributed by atoms with van der Waals surface area (Å²) < 4.78 is 23.8. The van der Waals surface area contributed by atoms with Crippen LogP contribution in [0.2, 0.25) is 0 Å². The zero-order chi connectivity index (χ0) is 13.2. The maximum absolute atomic E-state index is 11.2. The predicted octanol–water partition coefficient (Wildman–Crippen LogP) is 0.200. The van der Waals surface area contributed by atoms with Crippen molar-refractivity contribution in [3.8, 4) is 0 Å². The molecule has 0 radical (unpaired) electrons. The van der Waals surface area contributed by atoms with E-state index in [1.807, 2.05) is 0 Å². The first kappa shape index (κ1) is 17.0. The molecule has 112 valence electrons. The Morgan fingerprint density at radius 3 is 2.47 bits per heavy atom. The Morgan fingerprint density at radius 2 is 2.00 bits per heavy atom. The molecule has 2 rings (SSSR count). The Hall–Kier alpha value is -0.0900. The molecular weight excluding hydrogens is 379 g/mol. The molecule has 1 heterocycles. The largest absolute Gasteiger partial charge is 0.370 e. The summed E-state index contributed by atoms with van der Waals surface area (Å²) in [6, 6.07) is 0. The molecule has 0 amide bonds. The van der Waals surface area contributed by atoms with E-state index >= 15 is 0 Å². The second kappa shape index (κ2) is 7.07. The first-order chi connectivity index (χ1) is 8.45. The van der Waals surface area contributed by atoms with Crippen LogP contribution in [0.3, 0.4) is 0 Å². The third-order valence-corrected chi connectivity index (χ3v) is 4.95. The van der Waals surface area contributed by atoms with Gasteiger partial charge in [-0.25, -0.2) is 12.7 Å². The molecule has 8 heteroatoms. The molecular formula is C11H23IN4O2S. The average Bonchev–Trinajstić information content (AvgIpc) is 2.10. The van der Waals surface area contributed by atoms with Crippen molar-refractivity contribution in [3.63, 3.8) is 0 Å². The number of nitrogens with one attached hydrogen (secondary N) is 1. The first-order valence-corrected chi connectivity index (χ1v) is 8.29. The maximum Gasteiger partial charge on any atom is 0.211 e. The van der Waals surface area contributed by atoms with Gasteiger partial charge in [-0.15, -0.1) is 24.0 Å². The van der Waals surface area contributed by atoms with E-state index in [-0.39, 0.29) is 24.0 Å². The molecule has 1 saturated carbocycles. The number of guanidine groups is 1. The molecule has 3 N–H and O–H groups in total. The summed E-state index contributed by atoms with van der Waals surface area (Å²) in [5, 5.41) is 3.13. The van der Waals surface area contributed by atoms with Gasteiger partial charge in [0.15, 0.2) is 5.96 Å². The Labute approximate surface area is 132 Å². The van der Waals surface area contributed by atoms with E-state index in [9.17, 15) is 8.42 Å². The third kappa shape index (κ3) is 5.07. The Morgan fingerprint density at radius 1 is 1.37 bits per heavy atom. The van der Waals surface area contributed by atoms with Crippen LogP contribution in [-0.4, -0.2) is 51.1 Å². The van der Waals surface area contributed by atoms with Gasteiger partial charge in [0.2, 0.25) is 10.0 Å². The Bertz CT molecular complexity index is 416. The summed E-state index contributed by atoms with van der Waals surface area (Å²) in [7, 11) is -3.02. The molecule has 2 aliphatic rings. The van der Waals surface area contributed by atoms with Crippen molar-refractivity contribution in [3.05, 3.63) is 0 Å². The number of sulfonamides is 1. The van der Waals surface area contributed by atoms with Gasteiger partial charge in [0.1, 0.15) is 0 Å². The second-order valence-electron chi connectivity index (χ2n) is 5.35. The predicted molar refractivity (Wildman–Crippen MR) is 87.2 cm³/mol. The summed E-state index contributed by atoms with van der Waals surface area (Å²) in [5.41, 5.74) is 5.76. The van der Waals surface area contributed by atoms with Gasteiger partial charge < -0.3 is 11.1 Å². The van der Waals surface area contributed by atoms with Crippen LogP contribution in [-0.2, 0) is 10.0 Å².